The molecule has 0 spiro atoms. The van der Waals surface area contributed by atoms with E-state index >= 15 is 0 Å². The number of carbonyl (C=O) groups is 2. The first-order valence-corrected chi connectivity index (χ1v) is 7.10. The molecule has 0 heterocycles. The van der Waals surface area contributed by atoms with Crippen molar-refractivity contribution in [3.8, 4) is 16.9 Å². The van der Waals surface area contributed by atoms with Gasteiger partial charge in [-0.2, -0.15) is 0 Å². The fourth-order valence-corrected chi connectivity index (χ4v) is 2.28. The van der Waals surface area contributed by atoms with Gasteiger partial charge in [0.15, 0.2) is 0 Å². The third kappa shape index (κ3) is 3.66. The van der Waals surface area contributed by atoms with Crippen molar-refractivity contribution in [1.29, 1.82) is 0 Å². The Morgan fingerprint density at radius 3 is 2.22 bits per heavy atom. The number of hydrogen-bond donors (Lipinski definition) is 2. The molecule has 0 aliphatic heterocycles. The molecule has 0 aliphatic rings. The second-order valence-corrected chi connectivity index (χ2v) is 4.98. The lowest BCUT2D eigenvalue weighted by Gasteiger charge is -2.13. The van der Waals surface area contributed by atoms with E-state index in [1.165, 1.54) is 30.3 Å². The topological polar surface area (TPSA) is 95.4 Å². The maximum atomic E-state index is 13.9. The lowest BCUT2D eigenvalue weighted by Crippen LogP contribution is -2.18. The van der Waals surface area contributed by atoms with Crippen LogP contribution in [-0.4, -0.2) is 18.4 Å². The SMILES string of the molecule is CCCOc1cc(F)cc(-c2c(C(N)=O)cccc2C(N)=O)c1. The maximum absolute atomic E-state index is 13.9. The predicted octanol–water partition coefficient (Wildman–Crippen LogP) is 2.48. The number of nitrogens with two attached hydrogens (primary N) is 2. The molecule has 2 aromatic carbocycles. The lowest BCUT2D eigenvalue weighted by atomic mass is 9.93. The summed E-state index contributed by atoms with van der Waals surface area (Å²) in [5.41, 5.74) is 11.4. The van der Waals surface area contributed by atoms with Crippen molar-refractivity contribution in [1.82, 2.24) is 0 Å². The number of halogens is 1. The van der Waals surface area contributed by atoms with Gasteiger partial charge in [0.25, 0.3) is 0 Å². The van der Waals surface area contributed by atoms with E-state index in [2.05, 4.69) is 0 Å². The Kier molecular flexibility index (Phi) is 4.95. The molecule has 5 nitrogen and oxygen atoms in total. The molecule has 6 heteroatoms. The number of carbonyl (C=O) groups excluding carboxylic acids is 2. The molecular formula is C17H17FN2O3. The monoisotopic (exact) mass is 316 g/mol. The average Bonchev–Trinajstić information content (AvgIpc) is 2.51. The second kappa shape index (κ2) is 6.91. The smallest absolute Gasteiger partial charge is 0.249 e. The van der Waals surface area contributed by atoms with Gasteiger partial charge in [-0.1, -0.05) is 13.0 Å². The van der Waals surface area contributed by atoms with Crippen LogP contribution in [0.25, 0.3) is 11.1 Å². The standard InChI is InChI=1S/C17H17FN2O3/c1-2-6-23-12-8-10(7-11(18)9-12)15-13(16(19)21)4-3-5-14(15)17(20)22/h3-5,7-9H,2,6H2,1H3,(H2,19,21)(H2,20,22). The second-order valence-electron chi connectivity index (χ2n) is 4.98. The summed E-state index contributed by atoms with van der Waals surface area (Å²) in [7, 11) is 0. The highest BCUT2D eigenvalue weighted by Crippen LogP contribution is 2.31. The number of hydrogen-bond acceptors (Lipinski definition) is 3. The quantitative estimate of drug-likeness (QED) is 0.857. The molecular weight excluding hydrogens is 299 g/mol. The average molecular weight is 316 g/mol. The Bertz CT molecular complexity index is 727. The first kappa shape index (κ1) is 16.5. The molecule has 2 aromatic rings. The summed E-state index contributed by atoms with van der Waals surface area (Å²) >= 11 is 0. The minimum Gasteiger partial charge on any atom is -0.493 e. The lowest BCUT2D eigenvalue weighted by molar-refractivity contribution is 0.0999. The van der Waals surface area contributed by atoms with Gasteiger partial charge in [0.2, 0.25) is 11.8 Å². The fourth-order valence-electron chi connectivity index (χ4n) is 2.28. The van der Waals surface area contributed by atoms with Crippen molar-refractivity contribution >= 4 is 11.8 Å². The Morgan fingerprint density at radius 2 is 1.70 bits per heavy atom. The zero-order chi connectivity index (χ0) is 17.0. The van der Waals surface area contributed by atoms with Crippen LogP contribution in [0.1, 0.15) is 34.1 Å². The minimum absolute atomic E-state index is 0.0911. The van der Waals surface area contributed by atoms with Crippen LogP contribution in [0.3, 0.4) is 0 Å². The van der Waals surface area contributed by atoms with Crippen LogP contribution in [0.4, 0.5) is 4.39 Å². The summed E-state index contributed by atoms with van der Waals surface area (Å²) in [6.45, 7) is 2.34. The molecule has 2 amide bonds. The molecule has 0 aliphatic carbocycles. The molecule has 0 atom stereocenters. The Morgan fingerprint density at radius 1 is 1.09 bits per heavy atom. The highest BCUT2D eigenvalue weighted by atomic mass is 19.1. The first-order chi connectivity index (χ1) is 10.9. The fraction of sp³-hybridized carbons (Fsp3) is 0.176. The van der Waals surface area contributed by atoms with Gasteiger partial charge in [-0.15, -0.1) is 0 Å². The highest BCUT2D eigenvalue weighted by Gasteiger charge is 2.18. The van der Waals surface area contributed by atoms with Crippen molar-refractivity contribution < 1.29 is 18.7 Å². The predicted molar refractivity (Wildman–Crippen MR) is 84.7 cm³/mol. The molecule has 0 aromatic heterocycles. The molecule has 0 radical (unpaired) electrons. The van der Waals surface area contributed by atoms with E-state index in [1.807, 2.05) is 6.92 Å². The third-order valence-corrected chi connectivity index (χ3v) is 3.23. The van der Waals surface area contributed by atoms with E-state index in [0.29, 0.717) is 17.9 Å². The van der Waals surface area contributed by atoms with Crippen LogP contribution in [0.15, 0.2) is 36.4 Å². The number of primary amides is 2. The van der Waals surface area contributed by atoms with E-state index in [1.54, 1.807) is 6.07 Å². The largest absolute Gasteiger partial charge is 0.493 e. The number of benzene rings is 2. The van der Waals surface area contributed by atoms with Gasteiger partial charge >= 0.3 is 0 Å². The molecule has 2 rings (SSSR count). The van der Waals surface area contributed by atoms with E-state index < -0.39 is 17.6 Å². The Balaban J connectivity index is 2.67. The van der Waals surface area contributed by atoms with Gasteiger partial charge in [0, 0.05) is 22.8 Å². The van der Waals surface area contributed by atoms with Gasteiger partial charge in [0.05, 0.1) is 6.61 Å². The van der Waals surface area contributed by atoms with Crippen LogP contribution in [-0.2, 0) is 0 Å². The molecule has 0 saturated heterocycles. The van der Waals surface area contributed by atoms with Crippen molar-refractivity contribution in [2.45, 2.75) is 13.3 Å². The Hall–Kier alpha value is -2.89. The maximum Gasteiger partial charge on any atom is 0.249 e. The summed E-state index contributed by atoms with van der Waals surface area (Å²) in [5, 5.41) is 0. The molecule has 0 bridgehead atoms. The van der Waals surface area contributed by atoms with E-state index in [0.717, 1.165) is 6.42 Å². The van der Waals surface area contributed by atoms with Crippen molar-refractivity contribution in [3.63, 3.8) is 0 Å². The molecule has 4 N–H and O–H groups in total. The number of amides is 2. The van der Waals surface area contributed by atoms with Crippen LogP contribution < -0.4 is 16.2 Å². The zero-order valence-electron chi connectivity index (χ0n) is 12.6. The van der Waals surface area contributed by atoms with Crippen LogP contribution in [0.2, 0.25) is 0 Å². The van der Waals surface area contributed by atoms with Crippen molar-refractivity contribution in [2.24, 2.45) is 11.5 Å². The molecule has 0 saturated carbocycles. The molecule has 120 valence electrons. The Labute approximate surface area is 133 Å². The van der Waals surface area contributed by atoms with E-state index in [-0.39, 0.29) is 16.7 Å². The number of rotatable bonds is 6. The summed E-state index contributed by atoms with van der Waals surface area (Å²) in [6.07, 6.45) is 0.760. The molecule has 0 fully saturated rings. The normalized spacial score (nSPS) is 10.3. The van der Waals surface area contributed by atoms with Gasteiger partial charge in [-0.3, -0.25) is 9.59 Å². The van der Waals surface area contributed by atoms with Gasteiger partial charge in [0.1, 0.15) is 11.6 Å². The van der Waals surface area contributed by atoms with Gasteiger partial charge < -0.3 is 16.2 Å². The summed E-state index contributed by atoms with van der Waals surface area (Å²) in [5.74, 6) is -1.72. The third-order valence-electron chi connectivity index (χ3n) is 3.23. The van der Waals surface area contributed by atoms with Crippen LogP contribution in [0, 0.1) is 5.82 Å². The number of ether oxygens (including phenoxy) is 1. The van der Waals surface area contributed by atoms with Crippen LogP contribution >= 0.6 is 0 Å². The zero-order valence-corrected chi connectivity index (χ0v) is 12.6. The highest BCUT2D eigenvalue weighted by molar-refractivity contribution is 6.08. The summed E-state index contributed by atoms with van der Waals surface area (Å²) in [6, 6.07) is 8.40. The molecule has 0 unspecified atom stereocenters. The summed E-state index contributed by atoms with van der Waals surface area (Å²) < 4.78 is 19.3. The minimum atomic E-state index is -0.733. The molecule has 23 heavy (non-hydrogen) atoms. The van der Waals surface area contributed by atoms with Crippen molar-refractivity contribution in [2.75, 3.05) is 6.61 Å². The summed E-state index contributed by atoms with van der Waals surface area (Å²) in [4.78, 5) is 23.3. The van der Waals surface area contributed by atoms with E-state index in [4.69, 9.17) is 16.2 Å². The first-order valence-electron chi connectivity index (χ1n) is 7.10. The van der Waals surface area contributed by atoms with E-state index in [9.17, 15) is 14.0 Å². The van der Waals surface area contributed by atoms with Gasteiger partial charge in [-0.05, 0) is 36.2 Å². The van der Waals surface area contributed by atoms with Crippen LogP contribution in [0.5, 0.6) is 5.75 Å². The van der Waals surface area contributed by atoms with Crippen molar-refractivity contribution in [3.05, 3.63) is 53.3 Å². The van der Waals surface area contributed by atoms with Gasteiger partial charge in [-0.25, -0.2) is 4.39 Å².